The number of anilines is 1. The molecule has 5 nitrogen and oxygen atoms in total. The molecule has 0 aliphatic heterocycles. The number of pyridine rings is 2. The molecule has 0 fully saturated rings. The van der Waals surface area contributed by atoms with Gasteiger partial charge in [0.05, 0.1) is 0 Å². The van der Waals surface area contributed by atoms with Gasteiger partial charge in [0.25, 0.3) is 0 Å². The lowest BCUT2D eigenvalue weighted by molar-refractivity contribution is 0.111. The Labute approximate surface area is 122 Å². The monoisotopic (exact) mass is 280 g/mol. The molecule has 3 aromatic rings. The molecule has 0 saturated heterocycles. The minimum atomic E-state index is 0.585. The van der Waals surface area contributed by atoms with Gasteiger partial charge in [0.2, 0.25) is 0 Å². The zero-order chi connectivity index (χ0) is 14.7. The lowest BCUT2D eigenvalue weighted by Crippen LogP contribution is -2.23. The summed E-state index contributed by atoms with van der Waals surface area (Å²) in [5.74, 6) is 0.718. The molecule has 0 aromatic carbocycles. The van der Waals surface area contributed by atoms with Crippen LogP contribution in [0.3, 0.4) is 0 Å². The standard InChI is InChI=1S/C16H16N4O/c1-2-19(11-13-6-8-17-9-7-13)16-14(12-21)20-10-4-3-5-15(20)18-16/h3-10,12H,2,11H2,1H3. The smallest absolute Gasteiger partial charge is 0.170 e. The Hall–Kier alpha value is -2.69. The van der Waals surface area contributed by atoms with Crippen LogP contribution in [-0.4, -0.2) is 27.2 Å². The maximum Gasteiger partial charge on any atom is 0.170 e. The Bertz CT molecular complexity index is 751. The number of aromatic nitrogens is 3. The summed E-state index contributed by atoms with van der Waals surface area (Å²) in [6, 6.07) is 9.65. The van der Waals surface area contributed by atoms with Gasteiger partial charge in [-0.15, -0.1) is 0 Å². The number of carbonyl (C=O) groups is 1. The second-order valence-corrected chi connectivity index (χ2v) is 4.74. The van der Waals surface area contributed by atoms with Crippen LogP contribution in [0.15, 0.2) is 48.9 Å². The normalized spacial score (nSPS) is 10.7. The number of carbonyl (C=O) groups excluding carboxylic acids is 1. The predicted octanol–water partition coefficient (Wildman–Crippen LogP) is 2.57. The van der Waals surface area contributed by atoms with E-state index < -0.39 is 0 Å². The molecule has 0 aliphatic carbocycles. The van der Waals surface area contributed by atoms with Gasteiger partial charge in [-0.05, 0) is 36.8 Å². The van der Waals surface area contributed by atoms with Crippen molar-refractivity contribution >= 4 is 17.8 Å². The molecule has 0 bridgehead atoms. The van der Waals surface area contributed by atoms with Gasteiger partial charge >= 0.3 is 0 Å². The number of aldehydes is 1. The van der Waals surface area contributed by atoms with Crippen molar-refractivity contribution in [3.63, 3.8) is 0 Å². The SMILES string of the molecule is CCN(Cc1ccncc1)c1nc2ccccn2c1C=O. The molecule has 3 heterocycles. The van der Waals surface area contributed by atoms with E-state index in [-0.39, 0.29) is 0 Å². The highest BCUT2D eigenvalue weighted by Crippen LogP contribution is 2.21. The summed E-state index contributed by atoms with van der Waals surface area (Å²) >= 11 is 0. The van der Waals surface area contributed by atoms with Gasteiger partial charge in [-0.1, -0.05) is 6.07 Å². The van der Waals surface area contributed by atoms with Crippen molar-refractivity contribution in [2.75, 3.05) is 11.4 Å². The molecule has 0 unspecified atom stereocenters. The van der Waals surface area contributed by atoms with Gasteiger partial charge in [-0.25, -0.2) is 4.98 Å². The second-order valence-electron chi connectivity index (χ2n) is 4.74. The highest BCUT2D eigenvalue weighted by Gasteiger charge is 2.16. The number of rotatable bonds is 5. The highest BCUT2D eigenvalue weighted by atomic mass is 16.1. The van der Waals surface area contributed by atoms with Crippen LogP contribution >= 0.6 is 0 Å². The van der Waals surface area contributed by atoms with Crippen molar-refractivity contribution < 1.29 is 4.79 Å². The van der Waals surface area contributed by atoms with Gasteiger partial charge in [0.15, 0.2) is 12.1 Å². The number of hydrogen-bond acceptors (Lipinski definition) is 4. The maximum absolute atomic E-state index is 11.5. The van der Waals surface area contributed by atoms with E-state index in [0.717, 1.165) is 29.9 Å². The lowest BCUT2D eigenvalue weighted by atomic mass is 10.2. The first-order chi connectivity index (χ1) is 10.3. The van der Waals surface area contributed by atoms with E-state index >= 15 is 0 Å². The molecule has 3 aromatic heterocycles. The molecule has 0 saturated carbocycles. The van der Waals surface area contributed by atoms with Crippen molar-refractivity contribution in [1.29, 1.82) is 0 Å². The Morgan fingerprint density at radius 1 is 1.24 bits per heavy atom. The lowest BCUT2D eigenvalue weighted by Gasteiger charge is -2.21. The van der Waals surface area contributed by atoms with Crippen molar-refractivity contribution in [2.45, 2.75) is 13.5 Å². The molecular formula is C16H16N4O. The van der Waals surface area contributed by atoms with Crippen molar-refractivity contribution in [3.8, 4) is 0 Å². The van der Waals surface area contributed by atoms with E-state index in [2.05, 4.69) is 21.8 Å². The van der Waals surface area contributed by atoms with Crippen LogP contribution in [0.5, 0.6) is 0 Å². The molecular weight excluding hydrogens is 264 g/mol. The van der Waals surface area contributed by atoms with E-state index in [1.807, 2.05) is 40.9 Å². The number of fused-ring (bicyclic) bond motifs is 1. The summed E-state index contributed by atoms with van der Waals surface area (Å²) in [6.45, 7) is 3.52. The summed E-state index contributed by atoms with van der Waals surface area (Å²) in [4.78, 5) is 22.2. The quantitative estimate of drug-likeness (QED) is 0.674. The topological polar surface area (TPSA) is 50.5 Å². The van der Waals surface area contributed by atoms with E-state index in [1.165, 1.54) is 0 Å². The first-order valence-corrected chi connectivity index (χ1v) is 6.89. The highest BCUT2D eigenvalue weighted by molar-refractivity contribution is 5.83. The molecule has 3 rings (SSSR count). The van der Waals surface area contributed by atoms with Crippen molar-refractivity contribution in [1.82, 2.24) is 14.4 Å². The first kappa shape index (κ1) is 13.3. The van der Waals surface area contributed by atoms with Gasteiger partial charge < -0.3 is 4.90 Å². The third kappa shape index (κ3) is 2.50. The van der Waals surface area contributed by atoms with Gasteiger partial charge in [0, 0.05) is 31.7 Å². The van der Waals surface area contributed by atoms with Gasteiger partial charge in [-0.2, -0.15) is 0 Å². The summed E-state index contributed by atoms with van der Waals surface area (Å²) in [6.07, 6.45) is 6.27. The Morgan fingerprint density at radius 2 is 2.05 bits per heavy atom. The molecule has 0 N–H and O–H groups in total. The minimum absolute atomic E-state index is 0.585. The van der Waals surface area contributed by atoms with E-state index in [0.29, 0.717) is 12.2 Å². The van der Waals surface area contributed by atoms with Crippen LogP contribution < -0.4 is 4.90 Å². The van der Waals surface area contributed by atoms with E-state index in [1.54, 1.807) is 12.4 Å². The number of hydrogen-bond donors (Lipinski definition) is 0. The van der Waals surface area contributed by atoms with E-state index in [4.69, 9.17) is 0 Å². The fourth-order valence-electron chi connectivity index (χ4n) is 2.39. The summed E-state index contributed by atoms with van der Waals surface area (Å²) in [5, 5.41) is 0. The molecule has 0 spiro atoms. The summed E-state index contributed by atoms with van der Waals surface area (Å²) < 4.78 is 1.82. The number of imidazole rings is 1. The van der Waals surface area contributed by atoms with Crippen LogP contribution in [0.2, 0.25) is 0 Å². The van der Waals surface area contributed by atoms with Gasteiger partial charge in [-0.3, -0.25) is 14.2 Å². The molecule has 0 radical (unpaired) electrons. The Balaban J connectivity index is 2.02. The molecule has 0 aliphatic rings. The molecule has 106 valence electrons. The van der Waals surface area contributed by atoms with Crippen LogP contribution in [-0.2, 0) is 6.54 Å². The predicted molar refractivity (Wildman–Crippen MR) is 81.5 cm³/mol. The zero-order valence-corrected chi connectivity index (χ0v) is 11.8. The maximum atomic E-state index is 11.5. The zero-order valence-electron chi connectivity index (χ0n) is 11.8. The Kier molecular flexibility index (Phi) is 3.64. The van der Waals surface area contributed by atoms with Crippen molar-refractivity contribution in [3.05, 3.63) is 60.2 Å². The fourth-order valence-corrected chi connectivity index (χ4v) is 2.39. The van der Waals surface area contributed by atoms with Crippen LogP contribution in [0.25, 0.3) is 5.65 Å². The van der Waals surface area contributed by atoms with Crippen LogP contribution in [0, 0.1) is 0 Å². The van der Waals surface area contributed by atoms with Crippen LogP contribution in [0.4, 0.5) is 5.82 Å². The summed E-state index contributed by atoms with van der Waals surface area (Å²) in [7, 11) is 0. The molecule has 0 amide bonds. The molecule has 5 heteroatoms. The molecule has 0 atom stereocenters. The summed E-state index contributed by atoms with van der Waals surface area (Å²) in [5.41, 5.74) is 2.50. The fraction of sp³-hybridized carbons (Fsp3) is 0.188. The number of nitrogens with zero attached hydrogens (tertiary/aromatic N) is 4. The first-order valence-electron chi connectivity index (χ1n) is 6.89. The Morgan fingerprint density at radius 3 is 2.76 bits per heavy atom. The molecule has 21 heavy (non-hydrogen) atoms. The largest absolute Gasteiger partial charge is 0.351 e. The average molecular weight is 280 g/mol. The average Bonchev–Trinajstić information content (AvgIpc) is 2.92. The van der Waals surface area contributed by atoms with Gasteiger partial charge in [0.1, 0.15) is 11.3 Å². The van der Waals surface area contributed by atoms with Crippen LogP contribution in [0.1, 0.15) is 23.0 Å². The third-order valence-electron chi connectivity index (χ3n) is 3.46. The third-order valence-corrected chi connectivity index (χ3v) is 3.46. The minimum Gasteiger partial charge on any atom is -0.351 e. The van der Waals surface area contributed by atoms with Crippen molar-refractivity contribution in [2.24, 2.45) is 0 Å². The van der Waals surface area contributed by atoms with E-state index in [9.17, 15) is 4.79 Å². The second kappa shape index (κ2) is 5.75.